The van der Waals surface area contributed by atoms with E-state index in [1.165, 1.54) is 18.0 Å². The Kier molecular flexibility index (Phi) is 5.21. The normalized spacial score (nSPS) is 24.2. The zero-order valence-electron chi connectivity index (χ0n) is 14.4. The Morgan fingerprint density at radius 2 is 2.00 bits per heavy atom. The number of carbonyl (C=O) groups excluding carboxylic acids is 1. The molecular formula is C19H25NO4. The smallest absolute Gasteiger partial charge is 0.366 e. The number of ether oxygens (including phenoxy) is 3. The number of hydrogen-bond acceptors (Lipinski definition) is 4. The fraction of sp³-hybridized carbons (Fsp3) is 0.526. The molecule has 0 N–H and O–H groups in total. The number of nitrogens with zero attached hydrogens (tertiary/aromatic N) is 1. The van der Waals surface area contributed by atoms with Crippen molar-refractivity contribution in [2.45, 2.75) is 38.5 Å². The highest BCUT2D eigenvalue weighted by Gasteiger charge is 2.41. The molecule has 2 heterocycles. The van der Waals surface area contributed by atoms with Crippen molar-refractivity contribution in [3.05, 3.63) is 36.5 Å². The average molecular weight is 331 g/mol. The summed E-state index contributed by atoms with van der Waals surface area (Å²) in [6.07, 6.45) is 5.41. The van der Waals surface area contributed by atoms with Crippen LogP contribution in [0, 0.1) is 5.92 Å². The molecule has 1 aliphatic heterocycles. The summed E-state index contributed by atoms with van der Waals surface area (Å²) in [4.78, 5) is 11.6. The van der Waals surface area contributed by atoms with Crippen molar-refractivity contribution in [3.8, 4) is 0 Å². The molecule has 0 aliphatic carbocycles. The van der Waals surface area contributed by atoms with Crippen LogP contribution in [0.2, 0.25) is 0 Å². The van der Waals surface area contributed by atoms with E-state index < -0.39 is 11.8 Å². The second-order valence-electron chi connectivity index (χ2n) is 6.49. The molecule has 130 valence electrons. The minimum Gasteiger partial charge on any atom is -0.465 e. The molecule has 5 heteroatoms. The number of unbranched alkanes of at least 4 members (excludes halogenated alkanes) is 1. The standard InChI is InChI=1S/C19H25NO4/c1-19(18(21)22-2)23-13-15(14-24-19)7-5-6-11-20-12-10-16-8-3-4-9-17(16)20/h3-4,8-10,12,15H,5-7,11,13-14H2,1-2H3. The summed E-state index contributed by atoms with van der Waals surface area (Å²) in [5.74, 6) is -1.38. The van der Waals surface area contributed by atoms with Gasteiger partial charge >= 0.3 is 5.97 Å². The Morgan fingerprint density at radius 3 is 2.75 bits per heavy atom. The SMILES string of the molecule is COC(=O)C1(C)OCC(CCCCn2ccc3ccccc32)CO1. The van der Waals surface area contributed by atoms with Gasteiger partial charge in [0.05, 0.1) is 20.3 Å². The van der Waals surface area contributed by atoms with Crippen LogP contribution in [0.1, 0.15) is 26.2 Å². The maximum Gasteiger partial charge on any atom is 0.366 e. The minimum atomic E-state index is -1.24. The van der Waals surface area contributed by atoms with Gasteiger partial charge in [0.15, 0.2) is 0 Å². The highest BCUT2D eigenvalue weighted by Crippen LogP contribution is 2.25. The molecule has 0 spiro atoms. The second kappa shape index (κ2) is 7.36. The van der Waals surface area contributed by atoms with Gasteiger partial charge in [0.1, 0.15) is 0 Å². The van der Waals surface area contributed by atoms with Crippen molar-refractivity contribution in [2.24, 2.45) is 5.92 Å². The number of aryl methyl sites for hydroxylation is 1. The van der Waals surface area contributed by atoms with Crippen molar-refractivity contribution >= 4 is 16.9 Å². The zero-order chi connectivity index (χ0) is 17.0. The van der Waals surface area contributed by atoms with Crippen LogP contribution in [0.25, 0.3) is 10.9 Å². The fourth-order valence-corrected chi connectivity index (χ4v) is 3.16. The maximum absolute atomic E-state index is 11.6. The second-order valence-corrected chi connectivity index (χ2v) is 6.49. The van der Waals surface area contributed by atoms with Gasteiger partial charge in [-0.25, -0.2) is 4.79 Å². The van der Waals surface area contributed by atoms with E-state index in [2.05, 4.69) is 41.1 Å². The first kappa shape index (κ1) is 17.0. The number of fused-ring (bicyclic) bond motifs is 1. The molecule has 2 aromatic rings. The molecule has 1 fully saturated rings. The summed E-state index contributed by atoms with van der Waals surface area (Å²) in [5, 5.41) is 1.29. The highest BCUT2D eigenvalue weighted by molar-refractivity contribution is 5.79. The predicted octanol–water partition coefficient (Wildman–Crippen LogP) is 3.36. The Morgan fingerprint density at radius 1 is 1.25 bits per heavy atom. The number of methoxy groups -OCH3 is 1. The lowest BCUT2D eigenvalue weighted by Crippen LogP contribution is -2.48. The van der Waals surface area contributed by atoms with E-state index in [0.29, 0.717) is 19.1 Å². The number of benzene rings is 1. The van der Waals surface area contributed by atoms with E-state index >= 15 is 0 Å². The number of para-hydroxylation sites is 1. The van der Waals surface area contributed by atoms with Gasteiger partial charge in [-0.3, -0.25) is 0 Å². The first-order chi connectivity index (χ1) is 11.6. The summed E-state index contributed by atoms with van der Waals surface area (Å²) < 4.78 is 18.2. The van der Waals surface area contributed by atoms with Gasteiger partial charge in [-0.1, -0.05) is 24.6 Å². The first-order valence-corrected chi connectivity index (χ1v) is 8.52. The summed E-state index contributed by atoms with van der Waals surface area (Å²) in [6, 6.07) is 10.6. The third-order valence-corrected chi connectivity index (χ3v) is 4.69. The molecule has 24 heavy (non-hydrogen) atoms. The van der Waals surface area contributed by atoms with Crippen molar-refractivity contribution < 1.29 is 19.0 Å². The molecule has 0 radical (unpaired) electrons. The molecule has 0 saturated carbocycles. The van der Waals surface area contributed by atoms with Gasteiger partial charge in [0.2, 0.25) is 0 Å². The van der Waals surface area contributed by atoms with Gasteiger partial charge in [-0.2, -0.15) is 0 Å². The van der Waals surface area contributed by atoms with Crippen molar-refractivity contribution in [2.75, 3.05) is 20.3 Å². The number of carbonyl (C=O) groups is 1. The number of aromatic nitrogens is 1. The van der Waals surface area contributed by atoms with Crippen molar-refractivity contribution in [1.82, 2.24) is 4.57 Å². The molecule has 0 bridgehead atoms. The summed E-state index contributed by atoms with van der Waals surface area (Å²) in [7, 11) is 1.34. The van der Waals surface area contributed by atoms with Gasteiger partial charge in [0.25, 0.3) is 5.79 Å². The van der Waals surface area contributed by atoms with Crippen LogP contribution in [0.3, 0.4) is 0 Å². The van der Waals surface area contributed by atoms with Crippen LogP contribution in [-0.2, 0) is 25.5 Å². The molecule has 0 atom stereocenters. The summed E-state index contributed by atoms with van der Waals surface area (Å²) in [6.45, 7) is 3.71. The number of hydrogen-bond donors (Lipinski definition) is 0. The third-order valence-electron chi connectivity index (χ3n) is 4.69. The highest BCUT2D eigenvalue weighted by atomic mass is 16.7. The third kappa shape index (κ3) is 3.62. The summed E-state index contributed by atoms with van der Waals surface area (Å²) in [5.41, 5.74) is 1.29. The van der Waals surface area contributed by atoms with Crippen LogP contribution in [0.15, 0.2) is 36.5 Å². The number of rotatable bonds is 6. The van der Waals surface area contributed by atoms with Crippen LogP contribution < -0.4 is 0 Å². The summed E-state index contributed by atoms with van der Waals surface area (Å²) >= 11 is 0. The Labute approximate surface area is 142 Å². The largest absolute Gasteiger partial charge is 0.465 e. The van der Waals surface area contributed by atoms with Gasteiger partial charge in [-0.05, 0) is 30.4 Å². The molecule has 0 amide bonds. The van der Waals surface area contributed by atoms with E-state index in [1.54, 1.807) is 6.92 Å². The molecular weight excluding hydrogens is 306 g/mol. The molecule has 1 aliphatic rings. The molecule has 1 saturated heterocycles. The monoisotopic (exact) mass is 331 g/mol. The van der Waals surface area contributed by atoms with Crippen molar-refractivity contribution in [3.63, 3.8) is 0 Å². The molecule has 5 nitrogen and oxygen atoms in total. The van der Waals surface area contributed by atoms with E-state index in [1.807, 2.05) is 0 Å². The van der Waals surface area contributed by atoms with Crippen LogP contribution in [0.4, 0.5) is 0 Å². The lowest BCUT2D eigenvalue weighted by Gasteiger charge is -2.35. The van der Waals surface area contributed by atoms with Gasteiger partial charge < -0.3 is 18.8 Å². The molecule has 0 unspecified atom stereocenters. The van der Waals surface area contributed by atoms with E-state index in [4.69, 9.17) is 14.2 Å². The topological polar surface area (TPSA) is 49.7 Å². The fourth-order valence-electron chi connectivity index (χ4n) is 3.16. The average Bonchev–Trinajstić information content (AvgIpc) is 3.03. The van der Waals surface area contributed by atoms with Gasteiger partial charge in [0, 0.05) is 31.1 Å². The van der Waals surface area contributed by atoms with Crippen LogP contribution in [0.5, 0.6) is 0 Å². The molecule has 3 rings (SSSR count). The van der Waals surface area contributed by atoms with E-state index in [0.717, 1.165) is 25.8 Å². The number of esters is 1. The molecule has 1 aromatic heterocycles. The Hall–Kier alpha value is -1.85. The lowest BCUT2D eigenvalue weighted by atomic mass is 10.0. The van der Waals surface area contributed by atoms with E-state index in [-0.39, 0.29) is 0 Å². The quantitative estimate of drug-likeness (QED) is 0.601. The Balaban J connectivity index is 1.41. The lowest BCUT2D eigenvalue weighted by molar-refractivity contribution is -0.272. The predicted molar refractivity (Wildman–Crippen MR) is 91.6 cm³/mol. The van der Waals surface area contributed by atoms with Crippen molar-refractivity contribution in [1.29, 1.82) is 0 Å². The maximum atomic E-state index is 11.6. The van der Waals surface area contributed by atoms with Gasteiger partial charge in [-0.15, -0.1) is 0 Å². The first-order valence-electron chi connectivity index (χ1n) is 8.52. The van der Waals surface area contributed by atoms with Crippen LogP contribution in [-0.4, -0.2) is 36.6 Å². The van der Waals surface area contributed by atoms with E-state index in [9.17, 15) is 4.79 Å². The van der Waals surface area contributed by atoms with Crippen LogP contribution >= 0.6 is 0 Å². The zero-order valence-corrected chi connectivity index (χ0v) is 14.4. The Bertz CT molecular complexity index is 685. The molecule has 1 aromatic carbocycles. The minimum absolute atomic E-state index is 0.337.